The number of nitrogens with one attached hydrogen (secondary N) is 1. The van der Waals surface area contributed by atoms with Crippen LogP contribution in [0.2, 0.25) is 5.02 Å². The first-order valence-corrected chi connectivity index (χ1v) is 10.2. The van der Waals surface area contributed by atoms with E-state index in [0.717, 1.165) is 17.3 Å². The maximum atomic E-state index is 12.6. The Hall–Kier alpha value is -2.12. The zero-order valence-electron chi connectivity index (χ0n) is 15.5. The maximum Gasteiger partial charge on any atom is 0.263 e. The van der Waals surface area contributed by atoms with Crippen LogP contribution in [0.1, 0.15) is 33.6 Å². The minimum absolute atomic E-state index is 0.195. The molecule has 1 aliphatic heterocycles. The van der Waals surface area contributed by atoms with Gasteiger partial charge >= 0.3 is 0 Å². The fourth-order valence-corrected chi connectivity index (χ4v) is 3.84. The number of likely N-dealkylation sites (tertiary alicyclic amines) is 1. The van der Waals surface area contributed by atoms with Crippen LogP contribution in [0.4, 0.5) is 0 Å². The summed E-state index contributed by atoms with van der Waals surface area (Å²) in [6.45, 7) is 1.65. The number of pyridine rings is 1. The van der Waals surface area contributed by atoms with Crippen molar-refractivity contribution in [3.8, 4) is 0 Å². The van der Waals surface area contributed by atoms with Crippen molar-refractivity contribution in [2.75, 3.05) is 19.6 Å². The molecule has 2 heterocycles. The van der Waals surface area contributed by atoms with Crippen molar-refractivity contribution in [2.45, 2.75) is 12.8 Å². The number of piperidine rings is 1. The highest BCUT2D eigenvalue weighted by Gasteiger charge is 2.25. The zero-order chi connectivity index (χ0) is 20.3. The van der Waals surface area contributed by atoms with Gasteiger partial charge in [-0.25, -0.2) is 0 Å². The van der Waals surface area contributed by atoms with E-state index in [2.05, 4.69) is 21.2 Å². The molecule has 0 unspecified atom stereocenters. The summed E-state index contributed by atoms with van der Waals surface area (Å²) in [6, 6.07) is 8.42. The van der Waals surface area contributed by atoms with Gasteiger partial charge in [0.2, 0.25) is 0 Å². The number of nitrogens with zero attached hydrogens (tertiary/aromatic N) is 2. The average Bonchev–Trinajstić information content (AvgIpc) is 2.70. The van der Waals surface area contributed by atoms with E-state index in [1.165, 1.54) is 4.57 Å². The molecule has 0 aliphatic carbocycles. The molecule has 3 rings (SSSR count). The molecule has 0 spiro atoms. The van der Waals surface area contributed by atoms with Crippen LogP contribution in [-0.4, -0.2) is 40.9 Å². The number of benzene rings is 1. The van der Waals surface area contributed by atoms with Crippen molar-refractivity contribution < 1.29 is 9.59 Å². The number of hydrogen-bond donors (Lipinski definition) is 1. The molecular formula is C20H21BrClN3O3. The van der Waals surface area contributed by atoms with E-state index in [1.54, 1.807) is 48.5 Å². The quantitative estimate of drug-likeness (QED) is 0.753. The minimum Gasteiger partial charge on any atom is -0.352 e. The van der Waals surface area contributed by atoms with Crippen LogP contribution < -0.4 is 10.9 Å². The highest BCUT2D eigenvalue weighted by atomic mass is 79.9. The smallest absolute Gasteiger partial charge is 0.263 e. The van der Waals surface area contributed by atoms with Gasteiger partial charge in [0.1, 0.15) is 5.56 Å². The van der Waals surface area contributed by atoms with Gasteiger partial charge in [0.05, 0.1) is 10.6 Å². The molecule has 28 heavy (non-hydrogen) atoms. The molecule has 1 fully saturated rings. The number of halogens is 2. The molecule has 0 radical (unpaired) electrons. The summed E-state index contributed by atoms with van der Waals surface area (Å²) in [4.78, 5) is 38.8. The van der Waals surface area contributed by atoms with E-state index in [1.807, 2.05) is 0 Å². The summed E-state index contributed by atoms with van der Waals surface area (Å²) < 4.78 is 2.20. The molecule has 6 nitrogen and oxygen atoms in total. The second-order valence-electron chi connectivity index (χ2n) is 6.91. The number of aryl methyl sites for hydroxylation is 1. The number of hydrogen-bond acceptors (Lipinski definition) is 3. The monoisotopic (exact) mass is 465 g/mol. The van der Waals surface area contributed by atoms with Crippen LogP contribution in [0.3, 0.4) is 0 Å². The van der Waals surface area contributed by atoms with Crippen LogP contribution in [-0.2, 0) is 7.05 Å². The number of carbonyl (C=O) groups excluding carboxylic acids is 2. The lowest BCUT2D eigenvalue weighted by atomic mass is 9.96. The Morgan fingerprint density at radius 3 is 2.64 bits per heavy atom. The van der Waals surface area contributed by atoms with Crippen LogP contribution in [0.5, 0.6) is 0 Å². The fourth-order valence-electron chi connectivity index (χ4n) is 3.27. The summed E-state index contributed by atoms with van der Waals surface area (Å²) in [6.07, 6.45) is 3.17. The summed E-state index contributed by atoms with van der Waals surface area (Å²) in [5, 5.41) is 3.34. The maximum absolute atomic E-state index is 12.6. The Morgan fingerprint density at radius 1 is 1.21 bits per heavy atom. The van der Waals surface area contributed by atoms with Crippen LogP contribution in [0, 0.1) is 5.92 Å². The van der Waals surface area contributed by atoms with Gasteiger partial charge in [-0.2, -0.15) is 0 Å². The lowest BCUT2D eigenvalue weighted by molar-refractivity contribution is 0.0682. The Morgan fingerprint density at radius 2 is 1.93 bits per heavy atom. The highest BCUT2D eigenvalue weighted by Crippen LogP contribution is 2.22. The van der Waals surface area contributed by atoms with Gasteiger partial charge in [-0.1, -0.05) is 27.5 Å². The Labute approximate surface area is 176 Å². The third-order valence-corrected chi connectivity index (χ3v) is 5.80. The van der Waals surface area contributed by atoms with Crippen LogP contribution >= 0.6 is 27.5 Å². The third kappa shape index (κ3) is 4.64. The molecule has 148 valence electrons. The number of carbonyl (C=O) groups is 2. The molecule has 2 amide bonds. The standard InChI is InChI=1S/C20H21BrClN3O3/c1-24-8-2-3-15(19(24)27)20(28)25-9-6-13(7-10-25)12-23-18(26)16-11-14(21)4-5-17(16)22/h2-5,8,11,13H,6-7,9-10,12H2,1H3,(H,23,26). The molecule has 2 aromatic rings. The number of aromatic nitrogens is 1. The number of rotatable bonds is 4. The van der Waals surface area contributed by atoms with E-state index in [0.29, 0.717) is 30.2 Å². The summed E-state index contributed by atoms with van der Waals surface area (Å²) >= 11 is 9.44. The first kappa shape index (κ1) is 20.6. The molecule has 1 saturated heterocycles. The van der Waals surface area contributed by atoms with E-state index in [4.69, 9.17) is 11.6 Å². The Balaban J connectivity index is 1.53. The van der Waals surface area contributed by atoms with Crippen molar-refractivity contribution in [2.24, 2.45) is 13.0 Å². The second-order valence-corrected chi connectivity index (χ2v) is 8.23. The van der Waals surface area contributed by atoms with Crippen molar-refractivity contribution in [3.63, 3.8) is 0 Å². The fraction of sp³-hybridized carbons (Fsp3) is 0.350. The van der Waals surface area contributed by atoms with Crippen LogP contribution in [0.15, 0.2) is 45.8 Å². The minimum atomic E-state index is -0.284. The molecule has 0 atom stereocenters. The van der Waals surface area contributed by atoms with Gasteiger partial charge < -0.3 is 14.8 Å². The molecule has 1 aromatic carbocycles. The summed E-state index contributed by atoms with van der Waals surface area (Å²) in [5.41, 5.74) is 0.345. The predicted molar refractivity (Wildman–Crippen MR) is 112 cm³/mol. The molecular weight excluding hydrogens is 446 g/mol. The van der Waals surface area contributed by atoms with Gasteiger partial charge in [0.25, 0.3) is 17.4 Å². The van der Waals surface area contributed by atoms with E-state index in [9.17, 15) is 14.4 Å². The molecule has 0 saturated carbocycles. The molecule has 8 heteroatoms. The molecule has 0 bridgehead atoms. The Kier molecular flexibility index (Phi) is 6.57. The summed E-state index contributed by atoms with van der Waals surface area (Å²) in [5.74, 6) is -0.167. The van der Waals surface area contributed by atoms with Crippen molar-refractivity contribution in [3.05, 3.63) is 67.5 Å². The predicted octanol–water partition coefficient (Wildman–Crippen LogP) is 3.08. The second kappa shape index (κ2) is 8.92. The lowest BCUT2D eigenvalue weighted by Gasteiger charge is -2.32. The van der Waals surface area contributed by atoms with Crippen molar-refractivity contribution in [1.82, 2.24) is 14.8 Å². The van der Waals surface area contributed by atoms with Crippen molar-refractivity contribution in [1.29, 1.82) is 0 Å². The van der Waals surface area contributed by atoms with Crippen LogP contribution in [0.25, 0.3) is 0 Å². The van der Waals surface area contributed by atoms with Crippen molar-refractivity contribution >= 4 is 39.3 Å². The first-order valence-electron chi connectivity index (χ1n) is 9.05. The SMILES string of the molecule is Cn1cccc(C(=O)N2CCC(CNC(=O)c3cc(Br)ccc3Cl)CC2)c1=O. The number of amides is 2. The van der Waals surface area contributed by atoms with Gasteiger partial charge in [-0.05, 0) is 49.1 Å². The van der Waals surface area contributed by atoms with E-state index in [-0.39, 0.29) is 28.9 Å². The van der Waals surface area contributed by atoms with E-state index >= 15 is 0 Å². The van der Waals surface area contributed by atoms with Gasteiger partial charge in [0, 0.05) is 37.4 Å². The van der Waals surface area contributed by atoms with E-state index < -0.39 is 0 Å². The molecule has 1 aromatic heterocycles. The van der Waals surface area contributed by atoms with Gasteiger partial charge in [-0.3, -0.25) is 14.4 Å². The normalized spacial score (nSPS) is 14.8. The molecule has 1 N–H and O–H groups in total. The zero-order valence-corrected chi connectivity index (χ0v) is 17.8. The Bertz CT molecular complexity index is 952. The first-order chi connectivity index (χ1) is 13.4. The largest absolute Gasteiger partial charge is 0.352 e. The topological polar surface area (TPSA) is 71.4 Å². The molecule has 1 aliphatic rings. The highest BCUT2D eigenvalue weighted by molar-refractivity contribution is 9.10. The van der Waals surface area contributed by atoms with Gasteiger partial charge in [-0.15, -0.1) is 0 Å². The summed E-state index contributed by atoms with van der Waals surface area (Å²) in [7, 11) is 1.63. The average molecular weight is 467 g/mol. The van der Waals surface area contributed by atoms with Gasteiger partial charge in [0.15, 0.2) is 0 Å². The third-order valence-electron chi connectivity index (χ3n) is 4.98. The lowest BCUT2D eigenvalue weighted by Crippen LogP contribution is -2.43.